The molecule has 2 atom stereocenters. The van der Waals surface area contributed by atoms with E-state index in [-0.39, 0.29) is 65.8 Å². The molecule has 222 valence electrons. The van der Waals surface area contributed by atoms with Gasteiger partial charge in [-0.1, -0.05) is 5.92 Å². The minimum absolute atomic E-state index is 0.0191. The number of likely N-dealkylation sites (tertiary alicyclic amines) is 1. The number of pyridine rings is 1. The Morgan fingerprint density at radius 1 is 1.29 bits per heavy atom. The number of carbonyl (C=O) groups excluding carboxylic acids is 1. The summed E-state index contributed by atoms with van der Waals surface area (Å²) in [6.07, 6.45) is -0.0216. The summed E-state index contributed by atoms with van der Waals surface area (Å²) in [5.74, 6) is 2.87. The number of alkyl halides is 4. The van der Waals surface area contributed by atoms with Gasteiger partial charge in [-0.15, -0.1) is 0 Å². The van der Waals surface area contributed by atoms with Gasteiger partial charge < -0.3 is 30.9 Å². The molecule has 2 aromatic heterocycles. The lowest BCUT2D eigenvalue weighted by Crippen LogP contribution is -2.58. The summed E-state index contributed by atoms with van der Waals surface area (Å²) >= 11 is -0.370. The second-order valence-corrected chi connectivity index (χ2v) is 10.3. The van der Waals surface area contributed by atoms with Crippen molar-refractivity contribution in [3.8, 4) is 17.6 Å². The quantitative estimate of drug-likeness (QED) is 0.0865. The molecule has 1 fully saturated rings. The van der Waals surface area contributed by atoms with E-state index in [2.05, 4.69) is 32.8 Å². The maximum Gasteiger partial charge on any atom is 0.447 e. The molecule has 0 bridgehead atoms. The van der Waals surface area contributed by atoms with Gasteiger partial charge in [-0.05, 0) is 42.7 Å². The summed E-state index contributed by atoms with van der Waals surface area (Å²) in [5, 5.41) is 27.3. The number of amides is 1. The highest BCUT2D eigenvalue weighted by molar-refractivity contribution is 8.00. The van der Waals surface area contributed by atoms with Gasteiger partial charge in [-0.3, -0.25) is 14.1 Å². The molecule has 42 heavy (non-hydrogen) atoms. The second-order valence-electron chi connectivity index (χ2n) is 9.27. The monoisotopic (exact) mass is 606 g/mol. The van der Waals surface area contributed by atoms with Gasteiger partial charge in [-0.2, -0.15) is 13.2 Å². The van der Waals surface area contributed by atoms with E-state index in [0.717, 1.165) is 4.90 Å². The normalized spacial score (nSPS) is 17.8. The average molecular weight is 606 g/mol. The number of carbonyl (C=O) groups is 1. The Labute approximate surface area is 244 Å². The molecule has 1 amide bonds. The Balaban J connectivity index is 1.58. The molecule has 1 aromatic carbocycles. The number of methoxy groups -OCH3 is 1. The van der Waals surface area contributed by atoms with Crippen molar-refractivity contribution in [2.45, 2.75) is 35.0 Å². The number of ether oxygens (including phenoxy) is 1. The van der Waals surface area contributed by atoms with Crippen molar-refractivity contribution >= 4 is 42.5 Å². The number of imidazole rings is 1. The summed E-state index contributed by atoms with van der Waals surface area (Å²) < 4.78 is 61.9. The molecule has 0 spiro atoms. The van der Waals surface area contributed by atoms with E-state index in [1.165, 1.54) is 36.9 Å². The SMILES string of the molecule is [B]C(O)(O)N1CCC(Nc2cccn3c(SC(F)(F)F)c(C#CCNc4ccc(C(=O)NC)cc4OC)nc23)C(F)C1. The predicted molar refractivity (Wildman–Crippen MR) is 150 cm³/mol. The lowest BCUT2D eigenvalue weighted by Gasteiger charge is -2.40. The van der Waals surface area contributed by atoms with Crippen molar-refractivity contribution < 1.29 is 37.3 Å². The Kier molecular flexibility index (Phi) is 9.46. The highest BCUT2D eigenvalue weighted by Gasteiger charge is 2.37. The van der Waals surface area contributed by atoms with Gasteiger partial charge in [0.05, 0.1) is 31.1 Å². The summed E-state index contributed by atoms with van der Waals surface area (Å²) in [4.78, 5) is 17.2. The average Bonchev–Trinajstić information content (AvgIpc) is 3.27. The van der Waals surface area contributed by atoms with Gasteiger partial charge in [0.2, 0.25) is 0 Å². The van der Waals surface area contributed by atoms with Crippen LogP contribution in [0.15, 0.2) is 41.6 Å². The van der Waals surface area contributed by atoms with Gasteiger partial charge >= 0.3 is 5.51 Å². The minimum Gasteiger partial charge on any atom is -0.495 e. The fourth-order valence-corrected chi connectivity index (χ4v) is 5.06. The first-order valence-electron chi connectivity index (χ1n) is 12.6. The van der Waals surface area contributed by atoms with Crippen LogP contribution < -0.4 is 20.7 Å². The molecule has 3 heterocycles. The fraction of sp³-hybridized carbons (Fsp3) is 0.385. The van der Waals surface area contributed by atoms with Crippen molar-refractivity contribution in [2.75, 3.05) is 44.4 Å². The maximum absolute atomic E-state index is 14.9. The fourth-order valence-electron chi connectivity index (χ4n) is 4.40. The van der Waals surface area contributed by atoms with E-state index in [1.807, 2.05) is 0 Å². The number of rotatable bonds is 8. The van der Waals surface area contributed by atoms with Crippen molar-refractivity contribution in [3.63, 3.8) is 0 Å². The number of thioether (sulfide) groups is 1. The Bertz CT molecular complexity index is 1500. The Morgan fingerprint density at radius 2 is 2.05 bits per heavy atom. The standard InChI is InChI=1S/C26H27BF4N6O4S/c1-32-23(38)15-7-8-18(21(13-15)41-2)33-10-3-5-20-24(42-26(29,30)31)37-11-4-6-19(22(37)35-20)34-17-9-12-36(14-16(17)28)25(27,39)40/h4,6-8,11,13,16-17,33-34,39-40H,9-10,12,14H2,1-2H3,(H,32,38). The smallest absolute Gasteiger partial charge is 0.447 e. The Hall–Kier alpha value is -3.65. The molecule has 2 unspecified atom stereocenters. The number of halogens is 4. The Morgan fingerprint density at radius 3 is 2.69 bits per heavy atom. The van der Waals surface area contributed by atoms with Crippen LogP contribution in [0.1, 0.15) is 22.5 Å². The van der Waals surface area contributed by atoms with E-state index >= 15 is 0 Å². The van der Waals surface area contributed by atoms with Gasteiger partial charge in [0.1, 0.15) is 22.6 Å². The van der Waals surface area contributed by atoms with Crippen LogP contribution in [-0.4, -0.2) is 95.6 Å². The molecular formula is C26H27BF4N6O4S. The third-order valence-electron chi connectivity index (χ3n) is 6.43. The van der Waals surface area contributed by atoms with E-state index in [9.17, 15) is 32.6 Å². The topological polar surface area (TPSA) is 123 Å². The molecule has 4 rings (SSSR count). The lowest BCUT2D eigenvalue weighted by atomic mass is 9.96. The first kappa shape index (κ1) is 31.3. The van der Waals surface area contributed by atoms with Crippen LogP contribution in [0.5, 0.6) is 5.75 Å². The molecule has 1 aliphatic rings. The largest absolute Gasteiger partial charge is 0.495 e. The predicted octanol–water partition coefficient (Wildman–Crippen LogP) is 2.37. The number of hydrogen-bond donors (Lipinski definition) is 5. The van der Waals surface area contributed by atoms with E-state index < -0.39 is 23.5 Å². The zero-order valence-corrected chi connectivity index (χ0v) is 23.3. The number of aliphatic hydroxyl groups is 2. The van der Waals surface area contributed by atoms with Gasteiger partial charge in [0, 0.05) is 43.7 Å². The van der Waals surface area contributed by atoms with Crippen LogP contribution in [-0.2, 0) is 0 Å². The van der Waals surface area contributed by atoms with Crippen LogP contribution >= 0.6 is 11.8 Å². The molecule has 0 aliphatic carbocycles. The number of aromatic nitrogens is 2. The van der Waals surface area contributed by atoms with Crippen LogP contribution in [0.2, 0.25) is 0 Å². The zero-order valence-electron chi connectivity index (χ0n) is 22.5. The maximum atomic E-state index is 14.9. The van der Waals surface area contributed by atoms with Gasteiger partial charge in [-0.25, -0.2) is 9.37 Å². The molecule has 3 aromatic rings. The van der Waals surface area contributed by atoms with Crippen LogP contribution in [0, 0.1) is 11.8 Å². The van der Waals surface area contributed by atoms with Gasteiger partial charge in [0.15, 0.2) is 19.3 Å². The molecule has 16 heteroatoms. The summed E-state index contributed by atoms with van der Waals surface area (Å²) in [6.45, 7) is -0.278. The number of hydrogen-bond acceptors (Lipinski definition) is 9. The van der Waals surface area contributed by atoms with Crippen molar-refractivity contribution in [2.24, 2.45) is 0 Å². The number of fused-ring (bicyclic) bond motifs is 1. The molecule has 5 N–H and O–H groups in total. The molecule has 0 saturated carbocycles. The third kappa shape index (κ3) is 7.40. The lowest BCUT2D eigenvalue weighted by molar-refractivity contribution is -0.207. The number of anilines is 2. The number of nitrogens with one attached hydrogen (secondary N) is 3. The van der Waals surface area contributed by atoms with Crippen LogP contribution in [0.3, 0.4) is 0 Å². The summed E-state index contributed by atoms with van der Waals surface area (Å²) in [5.41, 5.74) is -3.47. The molecule has 10 nitrogen and oxygen atoms in total. The first-order valence-corrected chi connectivity index (χ1v) is 13.4. The van der Waals surface area contributed by atoms with Crippen molar-refractivity contribution in [1.82, 2.24) is 19.6 Å². The zero-order chi connectivity index (χ0) is 30.7. The molecule has 2 radical (unpaired) electrons. The minimum atomic E-state index is -4.63. The number of nitrogens with zero attached hydrogens (tertiary/aromatic N) is 3. The molecule has 1 aliphatic heterocycles. The number of benzene rings is 1. The third-order valence-corrected chi connectivity index (χ3v) is 7.25. The first-order chi connectivity index (χ1) is 19.8. The van der Waals surface area contributed by atoms with Crippen molar-refractivity contribution in [3.05, 3.63) is 47.8 Å². The molecule has 1 saturated heterocycles. The van der Waals surface area contributed by atoms with Crippen LogP contribution in [0.4, 0.5) is 28.9 Å². The molecular weight excluding hydrogens is 579 g/mol. The summed E-state index contributed by atoms with van der Waals surface area (Å²) in [7, 11) is 8.17. The summed E-state index contributed by atoms with van der Waals surface area (Å²) in [6, 6.07) is 7.01. The highest BCUT2D eigenvalue weighted by Crippen LogP contribution is 2.39. The van der Waals surface area contributed by atoms with Crippen molar-refractivity contribution in [1.29, 1.82) is 0 Å². The van der Waals surface area contributed by atoms with E-state index in [1.54, 1.807) is 18.2 Å². The number of piperidine rings is 1. The second kappa shape index (κ2) is 12.7. The van der Waals surface area contributed by atoms with E-state index in [0.29, 0.717) is 17.0 Å². The van der Waals surface area contributed by atoms with E-state index in [4.69, 9.17) is 12.6 Å². The highest BCUT2D eigenvalue weighted by atomic mass is 32.2. The van der Waals surface area contributed by atoms with Gasteiger partial charge in [0.25, 0.3) is 5.91 Å². The van der Waals surface area contributed by atoms with Crippen LogP contribution in [0.25, 0.3) is 5.65 Å².